The summed E-state index contributed by atoms with van der Waals surface area (Å²) in [7, 11) is 1.66. The van der Waals surface area contributed by atoms with Gasteiger partial charge in [-0.15, -0.1) is 0 Å². The molecule has 0 aromatic heterocycles. The Morgan fingerprint density at radius 3 is 2.92 bits per heavy atom. The first-order chi connectivity index (χ1) is 6.22. The maximum absolute atomic E-state index is 9.64. The molecule has 2 rings (SSSR count). The van der Waals surface area contributed by atoms with Crippen LogP contribution in [0, 0.1) is 6.92 Å². The van der Waals surface area contributed by atoms with E-state index in [-0.39, 0.29) is 6.10 Å². The van der Waals surface area contributed by atoms with E-state index in [0.717, 1.165) is 29.7 Å². The van der Waals surface area contributed by atoms with Gasteiger partial charge in [0.15, 0.2) is 0 Å². The van der Waals surface area contributed by atoms with Gasteiger partial charge in [0, 0.05) is 0 Å². The van der Waals surface area contributed by atoms with Crippen LogP contribution >= 0.6 is 0 Å². The van der Waals surface area contributed by atoms with Crippen LogP contribution in [0.1, 0.15) is 29.2 Å². The Hall–Kier alpha value is -1.02. The average Bonchev–Trinajstić information content (AvgIpc) is 2.46. The Kier molecular flexibility index (Phi) is 2.00. The van der Waals surface area contributed by atoms with E-state index in [0.29, 0.717) is 0 Å². The van der Waals surface area contributed by atoms with Crippen molar-refractivity contribution in [3.05, 3.63) is 28.8 Å². The number of fused-ring (bicyclic) bond motifs is 1. The lowest BCUT2D eigenvalue weighted by atomic mass is 10.1. The third-order valence-corrected chi connectivity index (χ3v) is 2.70. The Morgan fingerprint density at radius 1 is 1.46 bits per heavy atom. The van der Waals surface area contributed by atoms with Gasteiger partial charge < -0.3 is 9.84 Å². The summed E-state index contributed by atoms with van der Waals surface area (Å²) in [4.78, 5) is 0. The van der Waals surface area contributed by atoms with Crippen LogP contribution in [0.4, 0.5) is 0 Å². The lowest BCUT2D eigenvalue weighted by Crippen LogP contribution is -1.94. The molecule has 0 amide bonds. The molecule has 1 atom stereocenters. The summed E-state index contributed by atoms with van der Waals surface area (Å²) >= 11 is 0. The van der Waals surface area contributed by atoms with Crippen molar-refractivity contribution in [2.75, 3.05) is 7.11 Å². The molecule has 1 unspecified atom stereocenters. The third kappa shape index (κ3) is 1.31. The minimum atomic E-state index is -0.288. The van der Waals surface area contributed by atoms with Gasteiger partial charge in [-0.25, -0.2) is 0 Å². The molecule has 0 fully saturated rings. The van der Waals surface area contributed by atoms with Gasteiger partial charge in [0.05, 0.1) is 13.2 Å². The minimum absolute atomic E-state index is 0.288. The first kappa shape index (κ1) is 8.57. The zero-order valence-corrected chi connectivity index (χ0v) is 8.00. The van der Waals surface area contributed by atoms with E-state index in [1.807, 2.05) is 13.0 Å². The Morgan fingerprint density at radius 2 is 2.23 bits per heavy atom. The van der Waals surface area contributed by atoms with E-state index >= 15 is 0 Å². The van der Waals surface area contributed by atoms with Gasteiger partial charge in [-0.1, -0.05) is 6.07 Å². The van der Waals surface area contributed by atoms with Crippen molar-refractivity contribution in [3.63, 3.8) is 0 Å². The molecule has 1 N–H and O–H groups in total. The Labute approximate surface area is 78.2 Å². The van der Waals surface area contributed by atoms with Crippen LogP contribution in [0.2, 0.25) is 0 Å². The fraction of sp³-hybridized carbons (Fsp3) is 0.455. The van der Waals surface area contributed by atoms with Crippen LogP contribution in [0.3, 0.4) is 0 Å². The van der Waals surface area contributed by atoms with Crippen molar-refractivity contribution < 1.29 is 9.84 Å². The molecule has 2 nitrogen and oxygen atoms in total. The molecule has 1 aromatic carbocycles. The Balaban J connectivity index is 2.51. The predicted octanol–water partition coefficient (Wildman–Crippen LogP) is 1.98. The summed E-state index contributed by atoms with van der Waals surface area (Å²) in [6.45, 7) is 2.03. The van der Waals surface area contributed by atoms with Crippen LogP contribution in [0.15, 0.2) is 12.1 Å². The smallest absolute Gasteiger partial charge is 0.122 e. The second-order valence-corrected chi connectivity index (χ2v) is 3.58. The quantitative estimate of drug-likeness (QED) is 0.712. The van der Waals surface area contributed by atoms with E-state index in [2.05, 4.69) is 6.07 Å². The lowest BCUT2D eigenvalue weighted by Gasteiger charge is -2.09. The van der Waals surface area contributed by atoms with Gasteiger partial charge in [-0.2, -0.15) is 0 Å². The molecule has 0 saturated heterocycles. The van der Waals surface area contributed by atoms with E-state index in [1.54, 1.807) is 7.11 Å². The Bertz CT molecular complexity index is 331. The summed E-state index contributed by atoms with van der Waals surface area (Å²) in [5.74, 6) is 0.875. The SMILES string of the molecule is COc1cc2c(cc1C)CCC2O. The topological polar surface area (TPSA) is 29.5 Å². The monoisotopic (exact) mass is 178 g/mol. The summed E-state index contributed by atoms with van der Waals surface area (Å²) in [5, 5.41) is 9.64. The van der Waals surface area contributed by atoms with Gasteiger partial charge in [0.25, 0.3) is 0 Å². The van der Waals surface area contributed by atoms with Gasteiger partial charge >= 0.3 is 0 Å². The first-order valence-corrected chi connectivity index (χ1v) is 4.58. The minimum Gasteiger partial charge on any atom is -0.496 e. The second-order valence-electron chi connectivity index (χ2n) is 3.58. The van der Waals surface area contributed by atoms with Crippen LogP contribution < -0.4 is 4.74 Å². The van der Waals surface area contributed by atoms with Crippen LogP contribution in [0.5, 0.6) is 5.75 Å². The maximum atomic E-state index is 9.64. The van der Waals surface area contributed by atoms with E-state index in [4.69, 9.17) is 4.74 Å². The molecule has 0 radical (unpaired) electrons. The number of aryl methyl sites for hydroxylation is 2. The van der Waals surface area contributed by atoms with Crippen molar-refractivity contribution in [3.8, 4) is 5.75 Å². The molecule has 0 aliphatic heterocycles. The number of aliphatic hydroxyl groups is 1. The number of hydrogen-bond acceptors (Lipinski definition) is 2. The van der Waals surface area contributed by atoms with E-state index < -0.39 is 0 Å². The summed E-state index contributed by atoms with van der Waals surface area (Å²) in [6.07, 6.45) is 1.55. The van der Waals surface area contributed by atoms with Crippen LogP contribution in [0.25, 0.3) is 0 Å². The molecular formula is C11H14O2. The van der Waals surface area contributed by atoms with Gasteiger partial charge in [-0.05, 0) is 42.5 Å². The van der Waals surface area contributed by atoms with Gasteiger partial charge in [0.2, 0.25) is 0 Å². The maximum Gasteiger partial charge on any atom is 0.122 e. The number of ether oxygens (including phenoxy) is 1. The van der Waals surface area contributed by atoms with E-state index in [9.17, 15) is 5.11 Å². The molecule has 13 heavy (non-hydrogen) atoms. The number of aliphatic hydroxyl groups excluding tert-OH is 1. The molecule has 0 saturated carbocycles. The lowest BCUT2D eigenvalue weighted by molar-refractivity contribution is 0.179. The number of methoxy groups -OCH3 is 1. The normalized spacial score (nSPS) is 20.1. The highest BCUT2D eigenvalue weighted by molar-refractivity contribution is 5.45. The number of benzene rings is 1. The molecule has 0 spiro atoms. The zero-order chi connectivity index (χ0) is 9.42. The van der Waals surface area contributed by atoms with Crippen LogP contribution in [-0.2, 0) is 6.42 Å². The fourth-order valence-electron chi connectivity index (χ4n) is 1.96. The fourth-order valence-corrected chi connectivity index (χ4v) is 1.96. The number of rotatable bonds is 1. The average molecular weight is 178 g/mol. The summed E-state index contributed by atoms with van der Waals surface area (Å²) < 4.78 is 5.21. The van der Waals surface area contributed by atoms with Gasteiger partial charge in [0.1, 0.15) is 5.75 Å². The third-order valence-electron chi connectivity index (χ3n) is 2.70. The summed E-state index contributed by atoms with van der Waals surface area (Å²) in [6, 6.07) is 4.08. The molecule has 2 heteroatoms. The highest BCUT2D eigenvalue weighted by Crippen LogP contribution is 2.35. The molecular weight excluding hydrogens is 164 g/mol. The highest BCUT2D eigenvalue weighted by Gasteiger charge is 2.21. The van der Waals surface area contributed by atoms with Crippen molar-refractivity contribution in [2.45, 2.75) is 25.9 Å². The van der Waals surface area contributed by atoms with E-state index in [1.165, 1.54) is 5.56 Å². The van der Waals surface area contributed by atoms with Crippen LogP contribution in [-0.4, -0.2) is 12.2 Å². The second kappa shape index (κ2) is 3.04. The largest absolute Gasteiger partial charge is 0.496 e. The zero-order valence-electron chi connectivity index (χ0n) is 8.00. The molecule has 1 aromatic rings. The van der Waals surface area contributed by atoms with Crippen molar-refractivity contribution in [1.29, 1.82) is 0 Å². The predicted molar refractivity (Wildman–Crippen MR) is 51.0 cm³/mol. The van der Waals surface area contributed by atoms with Crippen molar-refractivity contribution in [1.82, 2.24) is 0 Å². The standard InChI is InChI=1S/C11H14O2/c1-7-5-8-3-4-10(12)9(8)6-11(7)13-2/h5-6,10,12H,3-4H2,1-2H3. The van der Waals surface area contributed by atoms with Crippen molar-refractivity contribution in [2.24, 2.45) is 0 Å². The molecule has 0 heterocycles. The molecule has 1 aliphatic rings. The number of hydrogen-bond donors (Lipinski definition) is 1. The molecule has 0 bridgehead atoms. The summed E-state index contributed by atoms with van der Waals surface area (Å²) in [5.41, 5.74) is 3.46. The molecule has 1 aliphatic carbocycles. The van der Waals surface area contributed by atoms with Gasteiger partial charge in [-0.3, -0.25) is 0 Å². The first-order valence-electron chi connectivity index (χ1n) is 4.58. The van der Waals surface area contributed by atoms with Crippen molar-refractivity contribution >= 4 is 0 Å². The highest BCUT2D eigenvalue weighted by atomic mass is 16.5. The molecule has 70 valence electrons.